The predicted molar refractivity (Wildman–Crippen MR) is 110 cm³/mol. The summed E-state index contributed by atoms with van der Waals surface area (Å²) in [7, 11) is 0. The summed E-state index contributed by atoms with van der Waals surface area (Å²) in [6.07, 6.45) is 1.55. The van der Waals surface area contributed by atoms with Crippen LogP contribution in [0.25, 0.3) is 11.4 Å². The third-order valence-corrected chi connectivity index (χ3v) is 5.12. The Morgan fingerprint density at radius 3 is 2.33 bits per heavy atom. The largest absolute Gasteiger partial charge is 0.353 e. The molecule has 144 valence electrons. The van der Waals surface area contributed by atoms with Gasteiger partial charge in [0.2, 0.25) is 5.91 Å². The van der Waals surface area contributed by atoms with E-state index in [2.05, 4.69) is 44.7 Å². The van der Waals surface area contributed by atoms with Gasteiger partial charge in [-0.15, -0.1) is 0 Å². The fraction of sp³-hybridized carbons (Fsp3) is 0.500. The smallest absolute Gasteiger partial charge is 0.222 e. The third kappa shape index (κ3) is 4.29. The lowest BCUT2D eigenvalue weighted by Gasteiger charge is -2.37. The highest BCUT2D eigenvalue weighted by molar-refractivity contribution is 5.76. The fourth-order valence-corrected chi connectivity index (χ4v) is 3.74. The molecule has 27 heavy (non-hydrogen) atoms. The van der Waals surface area contributed by atoms with Gasteiger partial charge < -0.3 is 9.80 Å². The van der Waals surface area contributed by atoms with Gasteiger partial charge in [0.25, 0.3) is 0 Å². The van der Waals surface area contributed by atoms with Crippen molar-refractivity contribution in [2.24, 2.45) is 0 Å². The van der Waals surface area contributed by atoms with E-state index in [1.54, 1.807) is 0 Å². The van der Waals surface area contributed by atoms with Crippen molar-refractivity contribution in [3.63, 3.8) is 0 Å². The molecule has 0 radical (unpaired) electrons. The van der Waals surface area contributed by atoms with Gasteiger partial charge in [0, 0.05) is 49.4 Å². The first kappa shape index (κ1) is 19.3. The Hall–Kier alpha value is -2.43. The summed E-state index contributed by atoms with van der Waals surface area (Å²) in [5.74, 6) is 2.42. The van der Waals surface area contributed by atoms with Crippen molar-refractivity contribution in [1.29, 1.82) is 0 Å². The topological polar surface area (TPSA) is 49.3 Å². The van der Waals surface area contributed by atoms with Crippen molar-refractivity contribution in [2.75, 3.05) is 31.1 Å². The molecule has 1 aromatic heterocycles. The van der Waals surface area contributed by atoms with Gasteiger partial charge in [-0.1, -0.05) is 51.1 Å². The molecule has 0 bridgehead atoms. The third-order valence-electron chi connectivity index (χ3n) is 5.12. The van der Waals surface area contributed by atoms with Crippen molar-refractivity contribution < 1.29 is 4.79 Å². The molecule has 1 aliphatic rings. The minimum Gasteiger partial charge on any atom is -0.353 e. The summed E-state index contributed by atoms with van der Waals surface area (Å²) in [5, 5.41) is 0. The van der Waals surface area contributed by atoms with Crippen LogP contribution in [-0.4, -0.2) is 47.0 Å². The maximum atomic E-state index is 12.2. The number of hydrogen-bond acceptors (Lipinski definition) is 4. The average molecular weight is 367 g/mol. The monoisotopic (exact) mass is 366 g/mol. The first-order valence-electron chi connectivity index (χ1n) is 9.98. The van der Waals surface area contributed by atoms with Gasteiger partial charge in [-0.05, 0) is 19.3 Å². The highest BCUT2D eigenvalue weighted by Gasteiger charge is 2.25. The molecule has 0 N–H and O–H groups in total. The minimum atomic E-state index is 0.269. The van der Waals surface area contributed by atoms with Crippen molar-refractivity contribution in [3.05, 3.63) is 41.6 Å². The number of benzene rings is 1. The molecule has 2 heterocycles. The summed E-state index contributed by atoms with van der Waals surface area (Å²) < 4.78 is 0. The number of aryl methyl sites for hydroxylation is 1. The van der Waals surface area contributed by atoms with Crippen molar-refractivity contribution in [3.8, 4) is 11.4 Å². The van der Waals surface area contributed by atoms with E-state index < -0.39 is 0 Å². The molecule has 0 atom stereocenters. The quantitative estimate of drug-likeness (QED) is 0.802. The zero-order chi connectivity index (χ0) is 19.4. The van der Waals surface area contributed by atoms with Crippen LogP contribution >= 0.6 is 0 Å². The molecular weight excluding hydrogens is 336 g/mol. The number of piperazine rings is 1. The molecule has 3 rings (SSSR count). The highest BCUT2D eigenvalue weighted by atomic mass is 16.2. The second kappa shape index (κ2) is 8.51. The van der Waals surface area contributed by atoms with Gasteiger partial charge in [-0.3, -0.25) is 4.79 Å². The number of aromatic nitrogens is 2. The molecule has 2 aromatic rings. The lowest BCUT2D eigenvalue weighted by atomic mass is 10.0. The van der Waals surface area contributed by atoms with Gasteiger partial charge in [-0.25, -0.2) is 9.97 Å². The van der Waals surface area contributed by atoms with E-state index in [9.17, 15) is 4.79 Å². The summed E-state index contributed by atoms with van der Waals surface area (Å²) in [6, 6.07) is 10.1. The maximum absolute atomic E-state index is 12.2. The number of anilines is 1. The number of rotatable bonds is 5. The Morgan fingerprint density at radius 2 is 1.74 bits per heavy atom. The zero-order valence-corrected chi connectivity index (χ0v) is 16.9. The molecule has 1 saturated heterocycles. The van der Waals surface area contributed by atoms with Gasteiger partial charge >= 0.3 is 0 Å². The van der Waals surface area contributed by atoms with Crippen LogP contribution in [0.4, 0.5) is 5.82 Å². The van der Waals surface area contributed by atoms with E-state index >= 15 is 0 Å². The van der Waals surface area contributed by atoms with E-state index in [0.717, 1.165) is 55.5 Å². The second-order valence-corrected chi connectivity index (χ2v) is 7.51. The maximum Gasteiger partial charge on any atom is 0.222 e. The Kier molecular flexibility index (Phi) is 6.09. The van der Waals surface area contributed by atoms with Gasteiger partial charge in [0.1, 0.15) is 5.82 Å². The molecule has 0 saturated carbocycles. The molecule has 0 aliphatic carbocycles. The number of amides is 1. The molecule has 0 unspecified atom stereocenters. The first-order valence-corrected chi connectivity index (χ1v) is 9.98. The summed E-state index contributed by atoms with van der Waals surface area (Å²) in [6.45, 7) is 11.7. The number of nitrogens with zero attached hydrogens (tertiary/aromatic N) is 4. The summed E-state index contributed by atoms with van der Waals surface area (Å²) in [5.41, 5.74) is 3.29. The molecule has 1 amide bonds. The van der Waals surface area contributed by atoms with E-state index in [4.69, 9.17) is 9.97 Å². The molecule has 5 heteroatoms. The van der Waals surface area contributed by atoms with Gasteiger partial charge in [0.15, 0.2) is 5.82 Å². The van der Waals surface area contributed by atoms with Crippen molar-refractivity contribution in [2.45, 2.75) is 46.5 Å². The Labute approximate surface area is 162 Å². The lowest BCUT2D eigenvalue weighted by Crippen LogP contribution is -2.49. The number of carbonyl (C=O) groups is 1. The van der Waals surface area contributed by atoms with Gasteiger partial charge in [-0.2, -0.15) is 0 Å². The number of carbonyl (C=O) groups excluding carboxylic acids is 1. The van der Waals surface area contributed by atoms with Crippen LogP contribution in [-0.2, 0) is 4.79 Å². The molecule has 1 fully saturated rings. The van der Waals surface area contributed by atoms with E-state index in [1.807, 2.05) is 23.1 Å². The molecular formula is C22H30N4O. The molecule has 1 aliphatic heterocycles. The minimum absolute atomic E-state index is 0.269. The van der Waals surface area contributed by atoms with Crippen LogP contribution in [0.3, 0.4) is 0 Å². The van der Waals surface area contributed by atoms with E-state index in [0.29, 0.717) is 12.3 Å². The normalized spacial score (nSPS) is 14.7. The summed E-state index contributed by atoms with van der Waals surface area (Å²) in [4.78, 5) is 26.3. The Balaban J connectivity index is 1.90. The molecule has 0 spiro atoms. The molecule has 1 aromatic carbocycles. The Morgan fingerprint density at radius 1 is 1.07 bits per heavy atom. The predicted octanol–water partition coefficient (Wildman–Crippen LogP) is 4.02. The lowest BCUT2D eigenvalue weighted by molar-refractivity contribution is -0.131. The number of hydrogen-bond donors (Lipinski definition) is 0. The highest BCUT2D eigenvalue weighted by Crippen LogP contribution is 2.31. The van der Waals surface area contributed by atoms with Crippen LogP contribution in [0.1, 0.15) is 50.8 Å². The van der Waals surface area contributed by atoms with E-state index in [1.165, 1.54) is 5.56 Å². The Bertz CT molecular complexity index is 780. The van der Waals surface area contributed by atoms with Crippen LogP contribution in [0, 0.1) is 6.92 Å². The fourth-order valence-electron chi connectivity index (χ4n) is 3.74. The van der Waals surface area contributed by atoms with Gasteiger partial charge in [0.05, 0.1) is 0 Å². The standard InChI is InChI=1S/C22H30N4O/c1-5-9-19(27)25-12-14-26(15-13-25)22-20(16(2)3)17(4)23-21(24-22)18-10-7-6-8-11-18/h6-8,10-11,16H,5,9,12-15H2,1-4H3. The average Bonchev–Trinajstić information content (AvgIpc) is 2.68. The first-order chi connectivity index (χ1) is 13.0. The van der Waals surface area contributed by atoms with E-state index in [-0.39, 0.29) is 5.91 Å². The second-order valence-electron chi connectivity index (χ2n) is 7.51. The zero-order valence-electron chi connectivity index (χ0n) is 16.9. The SMILES string of the molecule is CCCC(=O)N1CCN(c2nc(-c3ccccc3)nc(C)c2C(C)C)CC1. The van der Waals surface area contributed by atoms with Crippen molar-refractivity contribution >= 4 is 11.7 Å². The van der Waals surface area contributed by atoms with Crippen LogP contribution in [0.15, 0.2) is 30.3 Å². The van der Waals surface area contributed by atoms with Crippen LogP contribution in [0.5, 0.6) is 0 Å². The van der Waals surface area contributed by atoms with Crippen LogP contribution < -0.4 is 4.90 Å². The summed E-state index contributed by atoms with van der Waals surface area (Å²) >= 11 is 0. The molecule has 5 nitrogen and oxygen atoms in total. The van der Waals surface area contributed by atoms with Crippen LogP contribution in [0.2, 0.25) is 0 Å². The van der Waals surface area contributed by atoms with Crippen molar-refractivity contribution in [1.82, 2.24) is 14.9 Å².